The maximum absolute atomic E-state index is 12.3. The first-order chi connectivity index (χ1) is 18.0. The van der Waals surface area contributed by atoms with E-state index in [9.17, 15) is 9.59 Å². The number of rotatable bonds is 16. The number of unbranched alkanes of at least 4 members (excludes halogenated alkanes) is 1. The van der Waals surface area contributed by atoms with Gasteiger partial charge >= 0.3 is 5.97 Å². The van der Waals surface area contributed by atoms with Gasteiger partial charge in [0.2, 0.25) is 12.3 Å². The standard InChI is InChI=1S/C16H27N2O4P3S.C6H17N2P.CH3NO/c1-16(2,26-25)10-14(19)18-13(15(20)22-24)9-11-3-5-12(6-4-11)21-8-7-17-23;1-6(7)4-2-3-5-8-9;2-1-3/h3-6,13,17H,7-10,23-25H2,1-2H3,(H,18,19);6,8H,2-5,7,9H2,1H3;1H,(H2,2,3). The van der Waals surface area contributed by atoms with Crippen molar-refractivity contribution >= 4 is 66.4 Å². The topological polar surface area (TPSA) is 158 Å². The van der Waals surface area contributed by atoms with E-state index in [4.69, 9.17) is 19.8 Å². The highest BCUT2D eigenvalue weighted by Crippen LogP contribution is 2.33. The van der Waals surface area contributed by atoms with Gasteiger partial charge in [-0.05, 0) is 57.9 Å². The maximum atomic E-state index is 12.3. The lowest BCUT2D eigenvalue weighted by Gasteiger charge is -2.23. The van der Waals surface area contributed by atoms with Crippen LogP contribution in [0.4, 0.5) is 0 Å². The molecule has 0 saturated carbocycles. The number of nitrogens with one attached hydrogen (secondary N) is 3. The fourth-order valence-electron chi connectivity index (χ4n) is 2.83. The Bertz CT molecular complexity index is 764. The summed E-state index contributed by atoms with van der Waals surface area (Å²) < 4.78 is 10.1. The molecule has 10 nitrogen and oxygen atoms in total. The zero-order chi connectivity index (χ0) is 29.4. The molecular weight excluding hydrogens is 582 g/mol. The van der Waals surface area contributed by atoms with E-state index in [1.165, 1.54) is 24.2 Å². The molecule has 1 aromatic carbocycles. The van der Waals surface area contributed by atoms with E-state index >= 15 is 0 Å². The zero-order valence-electron chi connectivity index (χ0n) is 22.6. The lowest BCUT2D eigenvalue weighted by atomic mass is 10.0. The van der Waals surface area contributed by atoms with Gasteiger partial charge in [0.15, 0.2) is 0 Å². The van der Waals surface area contributed by atoms with Crippen molar-refractivity contribution in [2.45, 2.75) is 69.7 Å². The monoisotopic (exact) mass is 629 g/mol. The number of amides is 2. The second-order valence-corrected chi connectivity index (χ2v) is 11.9. The molecule has 0 fully saturated rings. The predicted octanol–water partition coefficient (Wildman–Crippen LogP) is 2.48. The van der Waals surface area contributed by atoms with Crippen molar-refractivity contribution in [3.05, 3.63) is 29.8 Å². The summed E-state index contributed by atoms with van der Waals surface area (Å²) in [6.45, 7) is 8.36. The molecule has 1 aromatic rings. The van der Waals surface area contributed by atoms with Crippen molar-refractivity contribution in [1.29, 1.82) is 0 Å². The quantitative estimate of drug-likeness (QED) is 0.105. The Labute approximate surface area is 241 Å². The van der Waals surface area contributed by atoms with Crippen LogP contribution in [0.25, 0.3) is 0 Å². The van der Waals surface area contributed by atoms with E-state index in [1.54, 1.807) is 0 Å². The molecule has 0 aliphatic carbocycles. The number of primary amides is 1. The summed E-state index contributed by atoms with van der Waals surface area (Å²) in [6.07, 6.45) is 4.51. The molecule has 0 spiro atoms. The highest BCUT2D eigenvalue weighted by Gasteiger charge is 2.26. The predicted molar refractivity (Wildman–Crippen MR) is 173 cm³/mol. The van der Waals surface area contributed by atoms with Crippen LogP contribution >= 0.6 is 48.1 Å². The summed E-state index contributed by atoms with van der Waals surface area (Å²) >= 11 is 1.53. The number of hydrogen-bond donors (Lipinski definition) is 5. The molecule has 15 heteroatoms. The number of ether oxygens (including phenoxy) is 1. The molecule has 2 amide bonds. The molecule has 6 unspecified atom stereocenters. The third-order valence-electron chi connectivity index (χ3n) is 4.75. The number of carbonyl (C=O) groups excluding carboxylic acids is 3. The van der Waals surface area contributed by atoms with E-state index in [1.807, 2.05) is 54.5 Å². The van der Waals surface area contributed by atoms with E-state index in [0.29, 0.717) is 25.5 Å². The SMILES string of the molecule is CC(C)(CC(=O)NC(Cc1ccc(OCCNP)cc1)C(=O)OP)SP.CC(N)CCCCNP.NC=O. The largest absolute Gasteiger partial charge is 0.492 e. The third-order valence-corrected chi connectivity index (χ3v) is 8.26. The smallest absolute Gasteiger partial charge is 0.331 e. The average molecular weight is 630 g/mol. The normalized spacial score (nSPS) is 12.0. The molecule has 0 aliphatic rings. The Kier molecular flexibility index (Phi) is 26.4. The fourth-order valence-corrected chi connectivity index (χ4v) is 3.78. The molecule has 0 bridgehead atoms. The molecule has 220 valence electrons. The van der Waals surface area contributed by atoms with Crippen molar-refractivity contribution in [3.63, 3.8) is 0 Å². The Morgan fingerprint density at radius 3 is 2.18 bits per heavy atom. The minimum atomic E-state index is -0.738. The van der Waals surface area contributed by atoms with Gasteiger partial charge < -0.3 is 31.1 Å². The van der Waals surface area contributed by atoms with Crippen LogP contribution in [0.5, 0.6) is 5.75 Å². The highest BCUT2D eigenvalue weighted by atomic mass is 32.7. The summed E-state index contributed by atoms with van der Waals surface area (Å²) in [5.41, 5.74) is 10.6. The number of carbonyl (C=O) groups is 3. The molecule has 7 N–H and O–H groups in total. The Hall–Kier alpha value is -0.620. The number of benzene rings is 1. The van der Waals surface area contributed by atoms with Gasteiger partial charge in [0.25, 0.3) is 0 Å². The molecule has 6 atom stereocenters. The van der Waals surface area contributed by atoms with Gasteiger partial charge in [0.1, 0.15) is 18.4 Å². The lowest BCUT2D eigenvalue weighted by molar-refractivity contribution is -0.138. The van der Waals surface area contributed by atoms with Gasteiger partial charge in [-0.15, -0.1) is 11.4 Å². The van der Waals surface area contributed by atoms with Gasteiger partial charge in [0.05, 0.1) is 9.47 Å². The van der Waals surface area contributed by atoms with Gasteiger partial charge in [-0.25, -0.2) is 4.79 Å². The molecule has 0 aliphatic heterocycles. The Morgan fingerprint density at radius 1 is 1.13 bits per heavy atom. The minimum Gasteiger partial charge on any atom is -0.492 e. The summed E-state index contributed by atoms with van der Waals surface area (Å²) in [6, 6.07) is 7.07. The van der Waals surface area contributed by atoms with Crippen LogP contribution in [0.15, 0.2) is 24.3 Å². The Morgan fingerprint density at radius 2 is 1.71 bits per heavy atom. The summed E-state index contributed by atoms with van der Waals surface area (Å²) in [5, 5.41) is 8.72. The summed E-state index contributed by atoms with van der Waals surface area (Å²) in [7, 11) is 9.41. The second kappa shape index (κ2) is 25.4. The second-order valence-electron chi connectivity index (χ2n) is 8.83. The van der Waals surface area contributed by atoms with Gasteiger partial charge in [0, 0.05) is 30.2 Å². The zero-order valence-corrected chi connectivity index (χ0v) is 28.0. The fraction of sp³-hybridized carbons (Fsp3) is 0.609. The molecule has 1 rings (SSSR count). The maximum Gasteiger partial charge on any atom is 0.331 e. The molecule has 0 heterocycles. The van der Waals surface area contributed by atoms with Gasteiger partial charge in [-0.2, -0.15) is 0 Å². The van der Waals surface area contributed by atoms with E-state index in [2.05, 4.69) is 48.4 Å². The van der Waals surface area contributed by atoms with Crippen molar-refractivity contribution in [1.82, 2.24) is 15.5 Å². The van der Waals surface area contributed by atoms with Crippen LogP contribution in [0.2, 0.25) is 0 Å². The van der Waals surface area contributed by atoms with Gasteiger partial charge in [-0.3, -0.25) is 14.7 Å². The molecular formula is C23H47N5O5P4S. The van der Waals surface area contributed by atoms with Crippen LogP contribution in [0.1, 0.15) is 52.0 Å². The van der Waals surface area contributed by atoms with E-state index < -0.39 is 12.0 Å². The average Bonchev–Trinajstić information content (AvgIpc) is 2.87. The van der Waals surface area contributed by atoms with Crippen LogP contribution in [0, 0.1) is 0 Å². The summed E-state index contributed by atoms with van der Waals surface area (Å²) in [4.78, 5) is 32.9. The van der Waals surface area contributed by atoms with Crippen LogP contribution in [-0.4, -0.2) is 54.8 Å². The molecule has 0 saturated heterocycles. The van der Waals surface area contributed by atoms with Crippen molar-refractivity contribution < 1.29 is 23.6 Å². The minimum absolute atomic E-state index is 0.185. The summed E-state index contributed by atoms with van der Waals surface area (Å²) in [5.74, 6) is 0.0733. The van der Waals surface area contributed by atoms with E-state index in [0.717, 1.165) is 30.8 Å². The van der Waals surface area contributed by atoms with Crippen molar-refractivity contribution in [2.75, 3.05) is 19.7 Å². The van der Waals surface area contributed by atoms with Crippen molar-refractivity contribution in [2.24, 2.45) is 11.5 Å². The van der Waals surface area contributed by atoms with Crippen LogP contribution in [-0.2, 0) is 25.3 Å². The highest BCUT2D eigenvalue weighted by molar-refractivity contribution is 8.44. The van der Waals surface area contributed by atoms with E-state index in [-0.39, 0.29) is 17.1 Å². The molecule has 0 aromatic heterocycles. The third kappa shape index (κ3) is 23.3. The first-order valence-electron chi connectivity index (χ1n) is 12.1. The number of nitrogens with two attached hydrogens (primary N) is 2. The van der Waals surface area contributed by atoms with Crippen LogP contribution < -0.4 is 31.7 Å². The lowest BCUT2D eigenvalue weighted by Crippen LogP contribution is -2.44. The Balaban J connectivity index is 0. The molecule has 38 heavy (non-hydrogen) atoms. The van der Waals surface area contributed by atoms with Gasteiger partial charge in [-0.1, -0.05) is 45.8 Å². The van der Waals surface area contributed by atoms with Crippen molar-refractivity contribution in [3.8, 4) is 5.75 Å². The first-order valence-corrected chi connectivity index (χ1v) is 16.0. The molecule has 0 radical (unpaired) electrons. The first kappa shape index (κ1) is 39.5. The number of hydrogen-bond acceptors (Lipinski definition) is 9. The van der Waals surface area contributed by atoms with Crippen LogP contribution in [0.3, 0.4) is 0 Å².